The normalized spacial score (nSPS) is 12.3. The van der Waals surface area contributed by atoms with Gasteiger partial charge in [0, 0.05) is 0 Å². The van der Waals surface area contributed by atoms with Crippen LogP contribution in [-0.2, 0) is 9.69 Å². The van der Waals surface area contributed by atoms with Crippen molar-refractivity contribution in [1.82, 2.24) is 0 Å². The molecule has 3 heteroatoms. The van der Waals surface area contributed by atoms with Crippen LogP contribution in [0.2, 0.25) is 0 Å². The first kappa shape index (κ1) is 16.3. The van der Waals surface area contributed by atoms with Crippen molar-refractivity contribution in [3.05, 3.63) is 48.5 Å². The maximum atomic E-state index is 5.78. The standard InChI is InChI=1S/C20H25BO2/c1-2-3-4-5-6-11-16-22-23-21-19-14-9-7-12-17(19)18-13-8-10-15-20(18)21/h7-10,12-15H,2-6,11,16H2,1H3. The van der Waals surface area contributed by atoms with Gasteiger partial charge in [-0.25, -0.2) is 0 Å². The lowest BCUT2D eigenvalue weighted by Crippen LogP contribution is -2.41. The van der Waals surface area contributed by atoms with Crippen LogP contribution in [0.5, 0.6) is 0 Å². The van der Waals surface area contributed by atoms with Gasteiger partial charge in [0.15, 0.2) is 0 Å². The number of benzene rings is 2. The van der Waals surface area contributed by atoms with Gasteiger partial charge in [-0.2, -0.15) is 0 Å². The van der Waals surface area contributed by atoms with Gasteiger partial charge in [0.2, 0.25) is 0 Å². The third-order valence-corrected chi connectivity index (χ3v) is 4.52. The van der Waals surface area contributed by atoms with Gasteiger partial charge >= 0.3 is 6.92 Å². The molecule has 0 aromatic heterocycles. The van der Waals surface area contributed by atoms with Crippen LogP contribution in [0, 0.1) is 0 Å². The number of fused-ring (bicyclic) bond motifs is 3. The SMILES string of the molecule is CCCCCCCCOOB1c2ccccc2-c2ccccc21. The summed E-state index contributed by atoms with van der Waals surface area (Å²) in [7, 11) is 0. The van der Waals surface area contributed by atoms with Crippen molar-refractivity contribution in [3.8, 4) is 11.1 Å². The van der Waals surface area contributed by atoms with E-state index in [1.165, 1.54) is 54.2 Å². The van der Waals surface area contributed by atoms with Crippen LogP contribution in [0.4, 0.5) is 0 Å². The zero-order chi connectivity index (χ0) is 15.9. The summed E-state index contributed by atoms with van der Waals surface area (Å²) in [4.78, 5) is 11.3. The minimum absolute atomic E-state index is 0.0949. The van der Waals surface area contributed by atoms with Gasteiger partial charge in [0.05, 0.1) is 6.61 Å². The van der Waals surface area contributed by atoms with Gasteiger partial charge in [-0.3, -0.25) is 9.69 Å². The second-order valence-corrected chi connectivity index (χ2v) is 6.24. The number of rotatable bonds is 9. The Bertz CT molecular complexity index is 581. The molecule has 2 aromatic rings. The molecule has 0 atom stereocenters. The summed E-state index contributed by atoms with van der Waals surface area (Å²) in [5.74, 6) is 0. The number of hydrogen-bond acceptors (Lipinski definition) is 2. The van der Waals surface area contributed by atoms with Crippen LogP contribution in [0.1, 0.15) is 45.4 Å². The van der Waals surface area contributed by atoms with Crippen LogP contribution in [0.3, 0.4) is 0 Å². The smallest absolute Gasteiger partial charge is 0.292 e. The molecule has 0 fully saturated rings. The topological polar surface area (TPSA) is 18.5 Å². The summed E-state index contributed by atoms with van der Waals surface area (Å²) in [6.07, 6.45) is 7.56. The van der Waals surface area contributed by atoms with E-state index in [1.54, 1.807) is 0 Å². The molecule has 120 valence electrons. The van der Waals surface area contributed by atoms with Gasteiger partial charge in [-0.05, 0) is 28.5 Å². The Labute approximate surface area is 139 Å². The number of hydrogen-bond donors (Lipinski definition) is 0. The first-order valence-corrected chi connectivity index (χ1v) is 8.88. The average molecular weight is 308 g/mol. The molecule has 0 aliphatic carbocycles. The summed E-state index contributed by atoms with van der Waals surface area (Å²) >= 11 is 0. The van der Waals surface area contributed by atoms with E-state index in [0.29, 0.717) is 6.61 Å². The van der Waals surface area contributed by atoms with Gasteiger partial charge < -0.3 is 0 Å². The van der Waals surface area contributed by atoms with E-state index in [1.807, 2.05) is 0 Å². The molecule has 0 spiro atoms. The first-order valence-electron chi connectivity index (χ1n) is 8.88. The highest BCUT2D eigenvalue weighted by Crippen LogP contribution is 2.22. The Morgan fingerprint density at radius 1 is 0.739 bits per heavy atom. The van der Waals surface area contributed by atoms with Crippen LogP contribution >= 0.6 is 0 Å². The monoisotopic (exact) mass is 308 g/mol. The van der Waals surface area contributed by atoms with Gasteiger partial charge in [0.1, 0.15) is 0 Å². The van der Waals surface area contributed by atoms with Crippen LogP contribution < -0.4 is 10.9 Å². The highest BCUT2D eigenvalue weighted by molar-refractivity contribution is 6.84. The minimum atomic E-state index is -0.0949. The summed E-state index contributed by atoms with van der Waals surface area (Å²) < 4.78 is 0. The van der Waals surface area contributed by atoms with Crippen LogP contribution in [0.15, 0.2) is 48.5 Å². The van der Waals surface area contributed by atoms with Crippen molar-refractivity contribution in [1.29, 1.82) is 0 Å². The van der Waals surface area contributed by atoms with E-state index < -0.39 is 0 Å². The fraction of sp³-hybridized carbons (Fsp3) is 0.400. The third kappa shape index (κ3) is 3.85. The van der Waals surface area contributed by atoms with E-state index in [0.717, 1.165) is 6.42 Å². The summed E-state index contributed by atoms with van der Waals surface area (Å²) in [5.41, 5.74) is 4.93. The molecule has 2 aromatic carbocycles. The van der Waals surface area contributed by atoms with Crippen molar-refractivity contribution in [2.24, 2.45) is 0 Å². The molecule has 1 aliphatic rings. The fourth-order valence-corrected chi connectivity index (χ4v) is 3.27. The molecule has 0 bridgehead atoms. The Morgan fingerprint density at radius 2 is 1.30 bits per heavy atom. The molecule has 0 radical (unpaired) electrons. The molecule has 2 nitrogen and oxygen atoms in total. The highest BCUT2D eigenvalue weighted by Gasteiger charge is 2.34. The lowest BCUT2D eigenvalue weighted by molar-refractivity contribution is -0.210. The fourth-order valence-electron chi connectivity index (χ4n) is 3.27. The maximum absolute atomic E-state index is 5.78. The van der Waals surface area contributed by atoms with Crippen LogP contribution in [0.25, 0.3) is 11.1 Å². The lowest BCUT2D eigenvalue weighted by Gasteiger charge is -2.10. The second-order valence-electron chi connectivity index (χ2n) is 6.24. The predicted octanol–water partition coefficient (Wildman–Crippen LogP) is 4.08. The third-order valence-electron chi connectivity index (χ3n) is 4.52. The molecular formula is C20H25BO2. The van der Waals surface area contributed by atoms with Gasteiger partial charge in [-0.15, -0.1) is 0 Å². The molecule has 0 amide bonds. The molecule has 23 heavy (non-hydrogen) atoms. The molecule has 0 N–H and O–H groups in total. The molecule has 0 unspecified atom stereocenters. The Morgan fingerprint density at radius 3 is 1.96 bits per heavy atom. The molecule has 0 saturated carbocycles. The Hall–Kier alpha value is -1.58. The molecule has 3 rings (SSSR count). The van der Waals surface area contributed by atoms with Crippen molar-refractivity contribution in [3.63, 3.8) is 0 Å². The quantitative estimate of drug-likeness (QED) is 0.301. The lowest BCUT2D eigenvalue weighted by atomic mass is 9.59. The van der Waals surface area contributed by atoms with Crippen molar-refractivity contribution >= 4 is 17.8 Å². The molecule has 0 saturated heterocycles. The summed E-state index contributed by atoms with van der Waals surface area (Å²) in [6.45, 7) is 2.82. The van der Waals surface area contributed by atoms with E-state index in [-0.39, 0.29) is 6.92 Å². The Kier molecular flexibility index (Phi) is 5.90. The first-order chi connectivity index (χ1) is 11.4. The zero-order valence-electron chi connectivity index (χ0n) is 14.0. The van der Waals surface area contributed by atoms with Crippen molar-refractivity contribution in [2.75, 3.05) is 6.61 Å². The average Bonchev–Trinajstić information content (AvgIpc) is 2.92. The van der Waals surface area contributed by atoms with E-state index >= 15 is 0 Å². The largest absolute Gasteiger partial charge is 0.406 e. The zero-order valence-corrected chi connectivity index (χ0v) is 14.0. The van der Waals surface area contributed by atoms with Crippen LogP contribution in [-0.4, -0.2) is 13.5 Å². The number of unbranched alkanes of at least 4 members (excludes halogenated alkanes) is 5. The highest BCUT2D eigenvalue weighted by atomic mass is 17.2. The van der Waals surface area contributed by atoms with E-state index in [4.69, 9.17) is 9.69 Å². The summed E-state index contributed by atoms with van der Waals surface area (Å²) in [6, 6.07) is 16.9. The molecular weight excluding hydrogens is 283 g/mol. The van der Waals surface area contributed by atoms with Crippen molar-refractivity contribution in [2.45, 2.75) is 45.4 Å². The minimum Gasteiger partial charge on any atom is -0.292 e. The van der Waals surface area contributed by atoms with Gasteiger partial charge in [0.25, 0.3) is 0 Å². The summed E-state index contributed by atoms with van der Waals surface area (Å²) in [5, 5.41) is 0. The second kappa shape index (κ2) is 8.33. The maximum Gasteiger partial charge on any atom is 0.406 e. The van der Waals surface area contributed by atoms with E-state index in [9.17, 15) is 0 Å². The van der Waals surface area contributed by atoms with E-state index in [2.05, 4.69) is 55.5 Å². The Balaban J connectivity index is 1.52. The molecule has 1 heterocycles. The van der Waals surface area contributed by atoms with Crippen molar-refractivity contribution < 1.29 is 9.69 Å². The van der Waals surface area contributed by atoms with Gasteiger partial charge in [-0.1, -0.05) is 87.6 Å². The molecule has 1 aliphatic heterocycles. The predicted molar refractivity (Wildman–Crippen MR) is 97.3 cm³/mol.